The molecule has 3 saturated carbocycles. The van der Waals surface area contributed by atoms with Gasteiger partial charge in [-0.25, -0.2) is 4.79 Å². The summed E-state index contributed by atoms with van der Waals surface area (Å²) >= 11 is 0. The average molecular weight is 244 g/mol. The molecule has 96 valence electrons. The highest BCUT2D eigenvalue weighted by atomic mass is 16.5. The highest BCUT2D eigenvalue weighted by Crippen LogP contribution is 2.66. The van der Waals surface area contributed by atoms with Gasteiger partial charge in [0.1, 0.15) is 6.10 Å². The van der Waals surface area contributed by atoms with Crippen LogP contribution in [0, 0.1) is 29.6 Å². The Morgan fingerprint density at radius 3 is 3.00 bits per heavy atom. The van der Waals surface area contributed by atoms with Gasteiger partial charge < -0.3 is 4.74 Å². The maximum atomic E-state index is 11.7. The minimum absolute atomic E-state index is 0.181. The zero-order valence-electron chi connectivity index (χ0n) is 10.9. The number of hydrogen-bond acceptors (Lipinski definition) is 2. The van der Waals surface area contributed by atoms with Gasteiger partial charge in [0, 0.05) is 5.57 Å². The predicted molar refractivity (Wildman–Crippen MR) is 68.7 cm³/mol. The molecule has 18 heavy (non-hydrogen) atoms. The van der Waals surface area contributed by atoms with Crippen LogP contribution in [0.3, 0.4) is 0 Å². The van der Waals surface area contributed by atoms with Gasteiger partial charge in [0.05, 0.1) is 0 Å². The van der Waals surface area contributed by atoms with Crippen LogP contribution in [-0.4, -0.2) is 12.1 Å². The molecule has 3 fully saturated rings. The molecule has 4 aliphatic carbocycles. The first-order chi connectivity index (χ1) is 8.65. The second-order valence-corrected chi connectivity index (χ2v) is 6.70. The summed E-state index contributed by atoms with van der Waals surface area (Å²) < 4.78 is 5.66. The molecule has 6 unspecified atom stereocenters. The van der Waals surface area contributed by atoms with E-state index in [9.17, 15) is 4.79 Å². The summed E-state index contributed by atoms with van der Waals surface area (Å²) in [5.74, 6) is 3.79. The summed E-state index contributed by atoms with van der Waals surface area (Å²) in [5.41, 5.74) is 2.27. The number of ether oxygens (including phenoxy) is 1. The van der Waals surface area contributed by atoms with E-state index in [1.54, 1.807) is 12.5 Å². The van der Waals surface area contributed by atoms with Crippen molar-refractivity contribution in [1.82, 2.24) is 0 Å². The third kappa shape index (κ3) is 1.27. The lowest BCUT2D eigenvalue weighted by Crippen LogP contribution is -2.35. The van der Waals surface area contributed by atoms with E-state index in [0.29, 0.717) is 11.5 Å². The van der Waals surface area contributed by atoms with Gasteiger partial charge >= 0.3 is 5.97 Å². The summed E-state index contributed by atoms with van der Waals surface area (Å²) in [7, 11) is 0. The molecule has 4 aliphatic rings. The van der Waals surface area contributed by atoms with E-state index in [0.717, 1.165) is 30.1 Å². The second kappa shape index (κ2) is 3.49. The van der Waals surface area contributed by atoms with E-state index < -0.39 is 0 Å². The maximum absolute atomic E-state index is 11.7. The van der Waals surface area contributed by atoms with E-state index in [2.05, 4.69) is 12.7 Å². The summed E-state index contributed by atoms with van der Waals surface area (Å²) in [6.07, 6.45) is 7.67. The van der Waals surface area contributed by atoms with Gasteiger partial charge in [0.15, 0.2) is 0 Å². The largest absolute Gasteiger partial charge is 0.459 e. The van der Waals surface area contributed by atoms with E-state index in [4.69, 9.17) is 4.74 Å². The van der Waals surface area contributed by atoms with Crippen molar-refractivity contribution in [3.8, 4) is 0 Å². The lowest BCUT2D eigenvalue weighted by Gasteiger charge is -2.35. The fourth-order valence-corrected chi connectivity index (χ4v) is 5.25. The van der Waals surface area contributed by atoms with Crippen molar-refractivity contribution < 1.29 is 9.53 Å². The number of fused-ring (bicyclic) bond motifs is 9. The van der Waals surface area contributed by atoms with Crippen LogP contribution < -0.4 is 0 Å². The van der Waals surface area contributed by atoms with Crippen LogP contribution in [0.4, 0.5) is 0 Å². The van der Waals surface area contributed by atoms with Crippen molar-refractivity contribution in [3.05, 3.63) is 23.8 Å². The molecule has 0 aromatic carbocycles. The van der Waals surface area contributed by atoms with E-state index >= 15 is 0 Å². The lowest BCUT2D eigenvalue weighted by atomic mass is 9.73. The van der Waals surface area contributed by atoms with Crippen LogP contribution >= 0.6 is 0 Å². The number of hydrogen-bond donors (Lipinski definition) is 0. The quantitative estimate of drug-likeness (QED) is 0.323. The van der Waals surface area contributed by atoms with Crippen LogP contribution in [0.25, 0.3) is 0 Å². The van der Waals surface area contributed by atoms with Crippen LogP contribution in [0.1, 0.15) is 32.6 Å². The third-order valence-electron chi connectivity index (χ3n) is 5.76. The summed E-state index contributed by atoms with van der Waals surface area (Å²) in [4.78, 5) is 11.7. The van der Waals surface area contributed by atoms with Crippen LogP contribution in [0.15, 0.2) is 23.8 Å². The molecular formula is C16H20O2. The monoisotopic (exact) mass is 244 g/mol. The number of esters is 1. The Balaban J connectivity index is 1.54. The normalized spacial score (nSPS) is 47.1. The van der Waals surface area contributed by atoms with Gasteiger partial charge in [-0.15, -0.1) is 0 Å². The van der Waals surface area contributed by atoms with Crippen molar-refractivity contribution >= 4 is 5.97 Å². The molecule has 0 amide bonds. The lowest BCUT2D eigenvalue weighted by molar-refractivity contribution is -0.148. The number of allylic oxidation sites excluding steroid dienone is 2. The van der Waals surface area contributed by atoms with Gasteiger partial charge in [0.25, 0.3) is 0 Å². The molecule has 0 saturated heterocycles. The van der Waals surface area contributed by atoms with E-state index in [1.165, 1.54) is 19.3 Å². The highest BCUT2D eigenvalue weighted by molar-refractivity contribution is 5.87. The fourth-order valence-electron chi connectivity index (χ4n) is 5.25. The molecule has 0 aromatic heterocycles. The molecule has 4 bridgehead atoms. The zero-order valence-corrected chi connectivity index (χ0v) is 10.9. The molecule has 0 spiro atoms. The highest BCUT2D eigenvalue weighted by Gasteiger charge is 2.60. The van der Waals surface area contributed by atoms with Crippen molar-refractivity contribution in [2.45, 2.75) is 38.7 Å². The Kier molecular flexibility index (Phi) is 2.10. The maximum Gasteiger partial charge on any atom is 0.333 e. The Hall–Kier alpha value is -1.05. The second-order valence-electron chi connectivity index (χ2n) is 6.70. The molecule has 0 aromatic rings. The van der Waals surface area contributed by atoms with Crippen LogP contribution in [0.2, 0.25) is 0 Å². The van der Waals surface area contributed by atoms with Crippen molar-refractivity contribution in [3.63, 3.8) is 0 Å². The number of carbonyl (C=O) groups is 1. The molecule has 6 atom stereocenters. The summed E-state index contributed by atoms with van der Waals surface area (Å²) in [6, 6.07) is 0. The molecule has 4 rings (SSSR count). The van der Waals surface area contributed by atoms with Crippen LogP contribution in [0.5, 0.6) is 0 Å². The molecule has 0 radical (unpaired) electrons. The van der Waals surface area contributed by atoms with Crippen molar-refractivity contribution in [2.24, 2.45) is 29.6 Å². The molecule has 0 N–H and O–H groups in total. The summed E-state index contributed by atoms with van der Waals surface area (Å²) in [5, 5.41) is 0. The Bertz CT molecular complexity index is 462. The molecule has 2 nitrogen and oxygen atoms in total. The van der Waals surface area contributed by atoms with Crippen molar-refractivity contribution in [1.29, 1.82) is 0 Å². The average Bonchev–Trinajstić information content (AvgIpc) is 3.06. The molecule has 0 aliphatic heterocycles. The fraction of sp³-hybridized carbons (Fsp3) is 0.688. The van der Waals surface area contributed by atoms with Gasteiger partial charge in [-0.3, -0.25) is 0 Å². The van der Waals surface area contributed by atoms with Gasteiger partial charge in [-0.05, 0) is 62.2 Å². The smallest absolute Gasteiger partial charge is 0.333 e. The number of rotatable bonds is 2. The van der Waals surface area contributed by atoms with Gasteiger partial charge in [-0.1, -0.05) is 18.2 Å². The topological polar surface area (TPSA) is 26.3 Å². The van der Waals surface area contributed by atoms with E-state index in [1.807, 2.05) is 0 Å². The van der Waals surface area contributed by atoms with Crippen LogP contribution in [-0.2, 0) is 9.53 Å². The van der Waals surface area contributed by atoms with Gasteiger partial charge in [-0.2, -0.15) is 0 Å². The molecule has 2 heteroatoms. The van der Waals surface area contributed by atoms with E-state index in [-0.39, 0.29) is 12.1 Å². The first kappa shape index (κ1) is 10.8. The first-order valence-electron chi connectivity index (χ1n) is 7.20. The summed E-state index contributed by atoms with van der Waals surface area (Å²) in [6.45, 7) is 5.42. The molecule has 0 heterocycles. The Labute approximate surface area is 108 Å². The van der Waals surface area contributed by atoms with Gasteiger partial charge in [0.2, 0.25) is 0 Å². The standard InChI is InChI=1S/C16H20O2/c1-8(2)16(17)18-13-7-11-6-12(13)15-10-4-3-9(5-10)14(11)15/h3,10-15H,1,4-7H2,2H3. The van der Waals surface area contributed by atoms with Crippen molar-refractivity contribution in [2.75, 3.05) is 0 Å². The Morgan fingerprint density at radius 1 is 1.39 bits per heavy atom. The first-order valence-corrected chi connectivity index (χ1v) is 7.20. The number of carbonyl (C=O) groups excluding carboxylic acids is 1. The Morgan fingerprint density at radius 2 is 2.22 bits per heavy atom. The predicted octanol–water partition coefficient (Wildman–Crippen LogP) is 3.10. The SMILES string of the molecule is C=C(C)C(=O)OC1CC2CC1C1C3CC=C(C3)C21. The zero-order chi connectivity index (χ0) is 12.4. The minimum Gasteiger partial charge on any atom is -0.459 e. The molecular weight excluding hydrogens is 224 g/mol. The third-order valence-corrected chi connectivity index (χ3v) is 5.76. The minimum atomic E-state index is -0.188.